The summed E-state index contributed by atoms with van der Waals surface area (Å²) in [6.07, 6.45) is 2.60. The van der Waals surface area contributed by atoms with E-state index in [-0.39, 0.29) is 5.92 Å². The quantitative estimate of drug-likeness (QED) is 0.896. The monoisotopic (exact) mass is 278 g/mol. The molecule has 5 nitrogen and oxygen atoms in total. The Kier molecular flexibility index (Phi) is 4.81. The number of aromatic nitrogens is 2. The number of likely N-dealkylation sites (N-methyl/N-ethyl adjacent to an activating group) is 1. The van der Waals surface area contributed by atoms with Gasteiger partial charge < -0.3 is 15.4 Å². The van der Waals surface area contributed by atoms with Crippen LogP contribution in [0.4, 0.5) is 11.6 Å². The van der Waals surface area contributed by atoms with E-state index in [0.29, 0.717) is 11.9 Å². The molecule has 0 spiro atoms. The molecule has 0 bridgehead atoms. The van der Waals surface area contributed by atoms with Gasteiger partial charge in [0.2, 0.25) is 0 Å². The lowest BCUT2D eigenvalue weighted by Gasteiger charge is -2.27. The highest BCUT2D eigenvalue weighted by molar-refractivity contribution is 5.56. The summed E-state index contributed by atoms with van der Waals surface area (Å²) >= 11 is 0. The van der Waals surface area contributed by atoms with Crippen LogP contribution in [0.25, 0.3) is 0 Å². The van der Waals surface area contributed by atoms with Crippen molar-refractivity contribution >= 4 is 11.6 Å². The van der Waals surface area contributed by atoms with Crippen molar-refractivity contribution in [2.45, 2.75) is 52.6 Å². The lowest BCUT2D eigenvalue weighted by molar-refractivity contribution is 0.115. The number of anilines is 2. The van der Waals surface area contributed by atoms with E-state index in [4.69, 9.17) is 15.5 Å². The fourth-order valence-corrected chi connectivity index (χ4v) is 2.50. The van der Waals surface area contributed by atoms with E-state index < -0.39 is 0 Å². The molecule has 112 valence electrons. The van der Waals surface area contributed by atoms with Crippen LogP contribution >= 0.6 is 0 Å². The molecule has 0 amide bonds. The molecule has 2 heterocycles. The molecule has 20 heavy (non-hydrogen) atoms. The molecule has 2 rings (SSSR count). The molecule has 1 aliphatic rings. The average Bonchev–Trinajstić information content (AvgIpc) is 2.92. The van der Waals surface area contributed by atoms with Crippen LogP contribution in [0.5, 0.6) is 0 Å². The highest BCUT2D eigenvalue weighted by Gasteiger charge is 2.22. The summed E-state index contributed by atoms with van der Waals surface area (Å²) in [7, 11) is 0. The van der Waals surface area contributed by atoms with Gasteiger partial charge in [0.25, 0.3) is 0 Å². The number of rotatable bonds is 5. The third-order valence-corrected chi connectivity index (χ3v) is 3.82. The number of nitrogens with zero attached hydrogens (tertiary/aromatic N) is 3. The number of nitrogen functional groups attached to an aromatic ring is 1. The molecule has 0 aliphatic carbocycles. The van der Waals surface area contributed by atoms with Crippen molar-refractivity contribution in [1.82, 2.24) is 9.97 Å². The van der Waals surface area contributed by atoms with Crippen LogP contribution in [0.2, 0.25) is 0 Å². The minimum absolute atomic E-state index is 0.276. The molecule has 1 aromatic heterocycles. The Balaban J connectivity index is 2.27. The molecule has 5 heteroatoms. The van der Waals surface area contributed by atoms with E-state index >= 15 is 0 Å². The van der Waals surface area contributed by atoms with Crippen LogP contribution in [0.15, 0.2) is 0 Å². The minimum Gasteiger partial charge on any atom is -0.383 e. The molecule has 0 saturated carbocycles. The SMILES string of the molecule is CCN(CC1CCCO1)c1nc(C(C)C)nc(N)c1C. The maximum absolute atomic E-state index is 6.05. The van der Waals surface area contributed by atoms with Crippen LogP contribution in [0.3, 0.4) is 0 Å². The maximum atomic E-state index is 6.05. The predicted molar refractivity (Wildman–Crippen MR) is 82.1 cm³/mol. The Labute approximate surface area is 121 Å². The molecule has 1 fully saturated rings. The predicted octanol–water partition coefficient (Wildman–Crippen LogP) is 2.50. The second-order valence-corrected chi connectivity index (χ2v) is 5.74. The fraction of sp³-hybridized carbons (Fsp3) is 0.733. The van der Waals surface area contributed by atoms with Gasteiger partial charge in [-0.2, -0.15) is 0 Å². The average molecular weight is 278 g/mol. The fourth-order valence-electron chi connectivity index (χ4n) is 2.50. The Morgan fingerprint density at radius 3 is 2.70 bits per heavy atom. The van der Waals surface area contributed by atoms with Crippen molar-refractivity contribution in [3.63, 3.8) is 0 Å². The highest BCUT2D eigenvalue weighted by Crippen LogP contribution is 2.25. The van der Waals surface area contributed by atoms with Crippen molar-refractivity contribution in [2.24, 2.45) is 0 Å². The summed E-state index contributed by atoms with van der Waals surface area (Å²) in [5, 5.41) is 0. The first-order valence-electron chi connectivity index (χ1n) is 7.53. The van der Waals surface area contributed by atoms with Crippen LogP contribution in [0.1, 0.15) is 50.9 Å². The first-order chi connectivity index (χ1) is 9.52. The highest BCUT2D eigenvalue weighted by atomic mass is 16.5. The molecule has 0 aromatic carbocycles. The van der Waals surface area contributed by atoms with Crippen LogP contribution in [-0.2, 0) is 4.74 Å². The third kappa shape index (κ3) is 3.20. The maximum Gasteiger partial charge on any atom is 0.137 e. The Morgan fingerprint density at radius 2 is 2.15 bits per heavy atom. The zero-order valence-corrected chi connectivity index (χ0v) is 13.0. The number of nitrogens with two attached hydrogens (primary N) is 1. The van der Waals surface area contributed by atoms with Gasteiger partial charge in [0.15, 0.2) is 0 Å². The largest absolute Gasteiger partial charge is 0.383 e. The standard InChI is InChI=1S/C15H26N4O/c1-5-19(9-12-7-6-8-20-12)15-11(4)13(16)17-14(18-15)10(2)3/h10,12H,5-9H2,1-4H3,(H2,16,17,18). The molecular weight excluding hydrogens is 252 g/mol. The molecule has 2 N–H and O–H groups in total. The van der Waals surface area contributed by atoms with Gasteiger partial charge in [-0.1, -0.05) is 13.8 Å². The number of hydrogen-bond acceptors (Lipinski definition) is 5. The van der Waals surface area contributed by atoms with Crippen LogP contribution < -0.4 is 10.6 Å². The van der Waals surface area contributed by atoms with Gasteiger partial charge in [0.05, 0.1) is 6.10 Å². The van der Waals surface area contributed by atoms with Crippen molar-refractivity contribution in [3.8, 4) is 0 Å². The van der Waals surface area contributed by atoms with E-state index in [1.54, 1.807) is 0 Å². The van der Waals surface area contributed by atoms with Gasteiger partial charge >= 0.3 is 0 Å². The molecule has 1 saturated heterocycles. The van der Waals surface area contributed by atoms with Gasteiger partial charge in [-0.3, -0.25) is 0 Å². The van der Waals surface area contributed by atoms with Crippen molar-refractivity contribution in [2.75, 3.05) is 30.3 Å². The minimum atomic E-state index is 0.276. The molecule has 0 radical (unpaired) electrons. The molecule has 1 aromatic rings. The lowest BCUT2D eigenvalue weighted by atomic mass is 10.2. The Morgan fingerprint density at radius 1 is 1.40 bits per heavy atom. The van der Waals surface area contributed by atoms with Crippen molar-refractivity contribution in [1.29, 1.82) is 0 Å². The Hall–Kier alpha value is -1.36. The number of hydrogen-bond donors (Lipinski definition) is 1. The van der Waals surface area contributed by atoms with Gasteiger partial charge in [-0.25, -0.2) is 9.97 Å². The lowest BCUT2D eigenvalue weighted by Crippen LogP contribution is -2.33. The molecule has 1 atom stereocenters. The van der Waals surface area contributed by atoms with Gasteiger partial charge in [0, 0.05) is 31.2 Å². The topological polar surface area (TPSA) is 64.3 Å². The second-order valence-electron chi connectivity index (χ2n) is 5.74. The van der Waals surface area contributed by atoms with Crippen molar-refractivity contribution in [3.05, 3.63) is 11.4 Å². The van der Waals surface area contributed by atoms with Crippen LogP contribution in [-0.4, -0.2) is 35.8 Å². The number of ether oxygens (including phenoxy) is 1. The van der Waals surface area contributed by atoms with E-state index in [2.05, 4.69) is 30.7 Å². The molecule has 1 unspecified atom stereocenters. The van der Waals surface area contributed by atoms with Gasteiger partial charge in [-0.05, 0) is 26.7 Å². The molecular formula is C15H26N4O. The van der Waals surface area contributed by atoms with Gasteiger partial charge in [-0.15, -0.1) is 0 Å². The summed E-state index contributed by atoms with van der Waals surface area (Å²) in [6, 6.07) is 0. The van der Waals surface area contributed by atoms with Crippen LogP contribution in [0, 0.1) is 6.92 Å². The third-order valence-electron chi connectivity index (χ3n) is 3.82. The molecule has 1 aliphatic heterocycles. The van der Waals surface area contributed by atoms with E-state index in [1.807, 2.05) is 6.92 Å². The normalized spacial score (nSPS) is 18.8. The summed E-state index contributed by atoms with van der Waals surface area (Å²) in [4.78, 5) is 11.4. The summed E-state index contributed by atoms with van der Waals surface area (Å²) < 4.78 is 5.74. The Bertz CT molecular complexity index is 455. The summed E-state index contributed by atoms with van der Waals surface area (Å²) in [5.41, 5.74) is 7.02. The first-order valence-corrected chi connectivity index (χ1v) is 7.53. The van der Waals surface area contributed by atoms with Gasteiger partial charge in [0.1, 0.15) is 17.5 Å². The zero-order chi connectivity index (χ0) is 14.7. The summed E-state index contributed by atoms with van der Waals surface area (Å²) in [6.45, 7) is 11.0. The first kappa shape index (κ1) is 15.0. The second kappa shape index (κ2) is 6.39. The zero-order valence-electron chi connectivity index (χ0n) is 13.0. The smallest absolute Gasteiger partial charge is 0.137 e. The summed E-state index contributed by atoms with van der Waals surface area (Å²) in [5.74, 6) is 2.63. The van der Waals surface area contributed by atoms with E-state index in [1.165, 1.54) is 0 Å². The van der Waals surface area contributed by atoms with Crippen molar-refractivity contribution < 1.29 is 4.74 Å². The van der Waals surface area contributed by atoms with E-state index in [0.717, 1.165) is 49.7 Å². The van der Waals surface area contributed by atoms with E-state index in [9.17, 15) is 0 Å².